The molecule has 1 heterocycles. The third-order valence-corrected chi connectivity index (χ3v) is 3.71. The molecule has 2 amide bonds. The molecular formula is C15H21N3O2. The van der Waals surface area contributed by atoms with E-state index in [0.29, 0.717) is 13.0 Å². The highest BCUT2D eigenvalue weighted by molar-refractivity contribution is 5.95. The minimum Gasteiger partial charge on any atom is -0.354 e. The van der Waals surface area contributed by atoms with Crippen LogP contribution in [-0.4, -0.2) is 31.4 Å². The zero-order chi connectivity index (χ0) is 14.5. The lowest BCUT2D eigenvalue weighted by molar-refractivity contribution is -0.117. The number of nitrogens with zero attached hydrogens (tertiary/aromatic N) is 1. The Morgan fingerprint density at radius 3 is 3.05 bits per heavy atom. The number of carbonyl (C=O) groups is 2. The predicted octanol–water partition coefficient (Wildman–Crippen LogP) is 0.738. The Labute approximate surface area is 119 Å². The fourth-order valence-electron chi connectivity index (χ4n) is 2.71. The van der Waals surface area contributed by atoms with Gasteiger partial charge in [0.25, 0.3) is 0 Å². The summed E-state index contributed by atoms with van der Waals surface area (Å²) in [6.07, 6.45) is 3.46. The molecule has 0 spiro atoms. The van der Waals surface area contributed by atoms with Gasteiger partial charge in [-0.05, 0) is 37.8 Å². The minimum atomic E-state index is -0.116. The summed E-state index contributed by atoms with van der Waals surface area (Å²) in [5.74, 6) is -0.116. The first-order valence-electron chi connectivity index (χ1n) is 6.95. The summed E-state index contributed by atoms with van der Waals surface area (Å²) in [6.45, 7) is 2.50. The minimum absolute atomic E-state index is 0.0162. The first-order chi connectivity index (χ1) is 9.65. The summed E-state index contributed by atoms with van der Waals surface area (Å²) in [5.41, 5.74) is 8.80. The maximum atomic E-state index is 12.1. The summed E-state index contributed by atoms with van der Waals surface area (Å²) in [6, 6.07) is 6.08. The van der Waals surface area contributed by atoms with Gasteiger partial charge >= 0.3 is 0 Å². The van der Waals surface area contributed by atoms with Crippen LogP contribution in [0.5, 0.6) is 0 Å². The van der Waals surface area contributed by atoms with Crippen LogP contribution in [0.15, 0.2) is 18.2 Å². The van der Waals surface area contributed by atoms with Gasteiger partial charge < -0.3 is 16.0 Å². The third-order valence-electron chi connectivity index (χ3n) is 3.71. The molecule has 1 aliphatic rings. The standard InChI is InChI=1S/C15H21N3O2/c1-11-5-6-14-12(7-11)3-2-4-13(17-10-19)9-18(14)15(20)8-16/h5-7,10,13H,2-4,8-9,16H2,1H3,(H,17,19). The number of fused-ring (bicyclic) bond motifs is 1. The molecule has 0 radical (unpaired) electrons. The second-order valence-electron chi connectivity index (χ2n) is 5.21. The SMILES string of the molecule is Cc1ccc2c(c1)CCCC(NC=O)CN2C(=O)CN. The van der Waals surface area contributed by atoms with Gasteiger partial charge in [0.15, 0.2) is 0 Å². The number of carbonyl (C=O) groups excluding carboxylic acids is 2. The third kappa shape index (κ3) is 3.17. The number of nitrogens with one attached hydrogen (secondary N) is 1. The van der Waals surface area contributed by atoms with Gasteiger partial charge in [0, 0.05) is 18.3 Å². The van der Waals surface area contributed by atoms with Crippen LogP contribution < -0.4 is 16.0 Å². The van der Waals surface area contributed by atoms with E-state index in [9.17, 15) is 9.59 Å². The number of aryl methyl sites for hydroxylation is 2. The molecule has 1 aliphatic heterocycles. The summed E-state index contributed by atoms with van der Waals surface area (Å²) >= 11 is 0. The van der Waals surface area contributed by atoms with E-state index in [4.69, 9.17) is 5.73 Å². The molecule has 5 nitrogen and oxygen atoms in total. The van der Waals surface area contributed by atoms with Crippen molar-refractivity contribution in [2.24, 2.45) is 5.73 Å². The van der Waals surface area contributed by atoms with E-state index in [1.807, 2.05) is 19.1 Å². The Morgan fingerprint density at radius 2 is 2.35 bits per heavy atom. The molecule has 2 rings (SSSR count). The van der Waals surface area contributed by atoms with Gasteiger partial charge in [-0.15, -0.1) is 0 Å². The Bertz CT molecular complexity index is 502. The highest BCUT2D eigenvalue weighted by Crippen LogP contribution is 2.27. The van der Waals surface area contributed by atoms with Crippen LogP contribution in [-0.2, 0) is 16.0 Å². The molecule has 0 fully saturated rings. The fourth-order valence-corrected chi connectivity index (χ4v) is 2.71. The average molecular weight is 275 g/mol. The Hall–Kier alpha value is -1.88. The van der Waals surface area contributed by atoms with Crippen molar-refractivity contribution in [3.63, 3.8) is 0 Å². The van der Waals surface area contributed by atoms with Crippen molar-refractivity contribution in [1.82, 2.24) is 5.32 Å². The zero-order valence-electron chi connectivity index (χ0n) is 11.8. The first kappa shape index (κ1) is 14.5. The Kier molecular flexibility index (Phi) is 4.74. The van der Waals surface area contributed by atoms with Gasteiger partial charge in [0.05, 0.1) is 6.54 Å². The Balaban J connectivity index is 2.36. The van der Waals surface area contributed by atoms with Crippen LogP contribution in [0.25, 0.3) is 0 Å². The van der Waals surface area contributed by atoms with Crippen molar-refractivity contribution < 1.29 is 9.59 Å². The maximum absolute atomic E-state index is 12.1. The van der Waals surface area contributed by atoms with Gasteiger partial charge in [-0.3, -0.25) is 9.59 Å². The highest BCUT2D eigenvalue weighted by atomic mass is 16.2. The molecule has 1 atom stereocenters. The lowest BCUT2D eigenvalue weighted by Gasteiger charge is -2.31. The largest absolute Gasteiger partial charge is 0.354 e. The molecule has 0 bridgehead atoms. The highest BCUT2D eigenvalue weighted by Gasteiger charge is 2.23. The quantitative estimate of drug-likeness (QED) is 0.799. The van der Waals surface area contributed by atoms with Crippen LogP contribution in [0.4, 0.5) is 5.69 Å². The number of nitrogens with two attached hydrogens (primary N) is 1. The van der Waals surface area contributed by atoms with Crippen LogP contribution in [0, 0.1) is 6.92 Å². The van der Waals surface area contributed by atoms with Crippen LogP contribution in [0.2, 0.25) is 0 Å². The lowest BCUT2D eigenvalue weighted by Crippen LogP contribution is -2.46. The summed E-state index contributed by atoms with van der Waals surface area (Å²) in [7, 11) is 0. The van der Waals surface area contributed by atoms with Gasteiger partial charge in [0.1, 0.15) is 0 Å². The second kappa shape index (κ2) is 6.52. The molecule has 1 aromatic rings. The molecule has 3 N–H and O–H groups in total. The van der Waals surface area contributed by atoms with Gasteiger partial charge in [-0.2, -0.15) is 0 Å². The first-order valence-corrected chi connectivity index (χ1v) is 6.95. The van der Waals surface area contributed by atoms with Gasteiger partial charge in [-0.25, -0.2) is 0 Å². The number of amides is 2. The van der Waals surface area contributed by atoms with E-state index >= 15 is 0 Å². The van der Waals surface area contributed by atoms with Crippen molar-refractivity contribution >= 4 is 18.0 Å². The maximum Gasteiger partial charge on any atom is 0.240 e. The fraction of sp³-hybridized carbons (Fsp3) is 0.467. The van der Waals surface area contributed by atoms with Crippen molar-refractivity contribution in [2.75, 3.05) is 18.0 Å². The molecule has 0 saturated heterocycles. The van der Waals surface area contributed by atoms with E-state index < -0.39 is 0 Å². The number of benzene rings is 1. The second-order valence-corrected chi connectivity index (χ2v) is 5.21. The molecular weight excluding hydrogens is 254 g/mol. The molecule has 0 saturated carbocycles. The molecule has 0 aliphatic carbocycles. The Morgan fingerprint density at radius 1 is 1.55 bits per heavy atom. The molecule has 108 valence electrons. The number of rotatable bonds is 3. The molecule has 5 heteroatoms. The van der Waals surface area contributed by atoms with Crippen molar-refractivity contribution in [2.45, 2.75) is 32.2 Å². The molecule has 1 unspecified atom stereocenters. The number of hydrogen-bond donors (Lipinski definition) is 2. The van der Waals surface area contributed by atoms with Crippen LogP contribution >= 0.6 is 0 Å². The van der Waals surface area contributed by atoms with Crippen LogP contribution in [0.1, 0.15) is 24.0 Å². The normalized spacial score (nSPS) is 18.7. The van der Waals surface area contributed by atoms with Crippen molar-refractivity contribution in [1.29, 1.82) is 0 Å². The van der Waals surface area contributed by atoms with Crippen molar-refractivity contribution in [3.8, 4) is 0 Å². The lowest BCUT2D eigenvalue weighted by atomic mass is 9.97. The van der Waals surface area contributed by atoms with E-state index in [0.717, 1.165) is 24.9 Å². The van der Waals surface area contributed by atoms with E-state index in [2.05, 4.69) is 11.4 Å². The number of anilines is 1. The molecule has 1 aromatic carbocycles. The summed E-state index contributed by atoms with van der Waals surface area (Å²) in [4.78, 5) is 24.5. The summed E-state index contributed by atoms with van der Waals surface area (Å²) in [5, 5.41) is 2.79. The van der Waals surface area contributed by atoms with E-state index in [1.165, 1.54) is 11.1 Å². The van der Waals surface area contributed by atoms with E-state index in [-0.39, 0.29) is 18.5 Å². The zero-order valence-corrected chi connectivity index (χ0v) is 11.8. The smallest absolute Gasteiger partial charge is 0.240 e. The van der Waals surface area contributed by atoms with Gasteiger partial charge in [0.2, 0.25) is 12.3 Å². The number of hydrogen-bond acceptors (Lipinski definition) is 3. The molecule has 0 aromatic heterocycles. The van der Waals surface area contributed by atoms with Crippen LogP contribution in [0.3, 0.4) is 0 Å². The predicted molar refractivity (Wildman–Crippen MR) is 78.5 cm³/mol. The molecule has 20 heavy (non-hydrogen) atoms. The topological polar surface area (TPSA) is 75.4 Å². The van der Waals surface area contributed by atoms with E-state index in [1.54, 1.807) is 4.90 Å². The monoisotopic (exact) mass is 275 g/mol. The van der Waals surface area contributed by atoms with Crippen molar-refractivity contribution in [3.05, 3.63) is 29.3 Å². The summed E-state index contributed by atoms with van der Waals surface area (Å²) < 4.78 is 0. The average Bonchev–Trinajstić information content (AvgIpc) is 2.42. The van der Waals surface area contributed by atoms with Gasteiger partial charge in [-0.1, -0.05) is 17.7 Å².